The minimum Gasteiger partial charge on any atom is -0.325 e. The minimum absolute atomic E-state index is 0.0462. The van der Waals surface area contributed by atoms with Crippen molar-refractivity contribution in [2.45, 2.75) is 12.2 Å². The normalized spacial score (nSPS) is 11.4. The molecule has 3 rings (SSSR count). The summed E-state index contributed by atoms with van der Waals surface area (Å²) in [6, 6.07) is 22.4. The van der Waals surface area contributed by atoms with Crippen LogP contribution in [0.1, 0.15) is 12.0 Å². The monoisotopic (exact) mass is 353 g/mol. The summed E-state index contributed by atoms with van der Waals surface area (Å²) in [6.07, 6.45) is -0.0572. The summed E-state index contributed by atoms with van der Waals surface area (Å²) in [4.78, 5) is 12.2. The number of hydrogen-bond acceptors (Lipinski definition) is 3. The highest BCUT2D eigenvalue weighted by Crippen LogP contribution is 2.23. The molecule has 0 aliphatic carbocycles. The molecule has 3 aromatic rings. The molecule has 4 nitrogen and oxygen atoms in total. The molecule has 0 spiro atoms. The van der Waals surface area contributed by atoms with Gasteiger partial charge >= 0.3 is 0 Å². The van der Waals surface area contributed by atoms with Gasteiger partial charge in [0, 0.05) is 17.5 Å². The van der Waals surface area contributed by atoms with E-state index in [1.54, 1.807) is 24.3 Å². The molecule has 0 radical (unpaired) electrons. The highest BCUT2D eigenvalue weighted by molar-refractivity contribution is 7.90. The van der Waals surface area contributed by atoms with Gasteiger partial charge < -0.3 is 5.32 Å². The number of fused-ring (bicyclic) bond motifs is 1. The van der Waals surface area contributed by atoms with Crippen LogP contribution < -0.4 is 5.32 Å². The second kappa shape index (κ2) is 7.49. The molecule has 1 amide bonds. The molecule has 0 atom stereocenters. The van der Waals surface area contributed by atoms with Crippen LogP contribution in [0.2, 0.25) is 0 Å². The standard InChI is InChI=1S/C20H19NO3S/c22-20(13-14-25(23,24)15-16-7-2-1-3-8-16)21-19-12-6-10-17-9-4-5-11-18(17)19/h1-12H,13-15H2,(H,21,22). The fourth-order valence-corrected chi connectivity index (χ4v) is 4.04. The van der Waals surface area contributed by atoms with Crippen molar-refractivity contribution >= 4 is 32.2 Å². The number of carbonyl (C=O) groups excluding carboxylic acids is 1. The quantitative estimate of drug-likeness (QED) is 0.733. The predicted molar refractivity (Wildman–Crippen MR) is 101 cm³/mol. The maximum Gasteiger partial charge on any atom is 0.225 e. The second-order valence-corrected chi connectivity index (χ2v) is 8.09. The van der Waals surface area contributed by atoms with Crippen LogP contribution in [0.15, 0.2) is 72.8 Å². The molecule has 0 aliphatic heterocycles. The molecular formula is C20H19NO3S. The van der Waals surface area contributed by atoms with E-state index in [4.69, 9.17) is 0 Å². The smallest absolute Gasteiger partial charge is 0.225 e. The van der Waals surface area contributed by atoms with Crippen LogP contribution in [-0.2, 0) is 20.4 Å². The van der Waals surface area contributed by atoms with Crippen molar-refractivity contribution in [1.82, 2.24) is 0 Å². The first-order valence-corrected chi connectivity index (χ1v) is 9.88. The zero-order valence-electron chi connectivity index (χ0n) is 13.7. The first kappa shape index (κ1) is 17.2. The third-order valence-corrected chi connectivity index (χ3v) is 5.53. The van der Waals surface area contributed by atoms with E-state index in [0.717, 1.165) is 16.3 Å². The summed E-state index contributed by atoms with van der Waals surface area (Å²) in [7, 11) is -3.33. The van der Waals surface area contributed by atoms with Crippen LogP contribution in [0.25, 0.3) is 10.8 Å². The van der Waals surface area contributed by atoms with Crippen LogP contribution in [0.4, 0.5) is 5.69 Å². The van der Waals surface area contributed by atoms with Gasteiger partial charge in [0.2, 0.25) is 5.91 Å². The van der Waals surface area contributed by atoms with Crippen LogP contribution in [0.5, 0.6) is 0 Å². The molecule has 128 valence electrons. The van der Waals surface area contributed by atoms with E-state index in [9.17, 15) is 13.2 Å². The maximum absolute atomic E-state index is 12.2. The molecule has 0 unspecified atom stereocenters. The van der Waals surface area contributed by atoms with Crippen LogP contribution in [0.3, 0.4) is 0 Å². The van der Waals surface area contributed by atoms with Crippen LogP contribution >= 0.6 is 0 Å². The fourth-order valence-electron chi connectivity index (χ4n) is 2.70. The Labute approximate surface area is 147 Å². The third kappa shape index (κ3) is 4.67. The van der Waals surface area contributed by atoms with Gasteiger partial charge in [-0.1, -0.05) is 66.7 Å². The van der Waals surface area contributed by atoms with Crippen molar-refractivity contribution in [3.63, 3.8) is 0 Å². The van der Waals surface area contributed by atoms with E-state index in [2.05, 4.69) is 5.32 Å². The molecule has 25 heavy (non-hydrogen) atoms. The van der Waals surface area contributed by atoms with Gasteiger partial charge in [-0.3, -0.25) is 4.79 Å². The third-order valence-electron chi connectivity index (χ3n) is 3.93. The highest BCUT2D eigenvalue weighted by atomic mass is 32.2. The average molecular weight is 353 g/mol. The maximum atomic E-state index is 12.2. The molecule has 0 bridgehead atoms. The lowest BCUT2D eigenvalue weighted by Gasteiger charge is -2.09. The number of sulfone groups is 1. The summed E-state index contributed by atoms with van der Waals surface area (Å²) in [5.74, 6) is -0.513. The summed E-state index contributed by atoms with van der Waals surface area (Å²) >= 11 is 0. The van der Waals surface area contributed by atoms with Crippen molar-refractivity contribution in [2.24, 2.45) is 0 Å². The summed E-state index contributed by atoms with van der Waals surface area (Å²) < 4.78 is 24.4. The molecule has 0 heterocycles. The largest absolute Gasteiger partial charge is 0.325 e. The second-order valence-electron chi connectivity index (χ2n) is 5.90. The zero-order chi connectivity index (χ0) is 17.7. The Morgan fingerprint density at radius 2 is 1.52 bits per heavy atom. The van der Waals surface area contributed by atoms with Crippen molar-refractivity contribution in [2.75, 3.05) is 11.1 Å². The lowest BCUT2D eigenvalue weighted by Crippen LogP contribution is -2.18. The summed E-state index contributed by atoms with van der Waals surface area (Å²) in [6.45, 7) is 0. The lowest BCUT2D eigenvalue weighted by molar-refractivity contribution is -0.115. The Morgan fingerprint density at radius 1 is 0.840 bits per heavy atom. The van der Waals surface area contributed by atoms with Gasteiger partial charge in [-0.05, 0) is 17.0 Å². The lowest BCUT2D eigenvalue weighted by atomic mass is 10.1. The number of nitrogens with one attached hydrogen (secondary N) is 1. The van der Waals surface area contributed by atoms with Gasteiger partial charge in [-0.25, -0.2) is 8.42 Å². The van der Waals surface area contributed by atoms with E-state index in [0.29, 0.717) is 5.69 Å². The number of benzene rings is 3. The molecular weight excluding hydrogens is 334 g/mol. The van der Waals surface area contributed by atoms with Gasteiger partial charge in [0.1, 0.15) is 0 Å². The molecule has 3 aromatic carbocycles. The predicted octanol–water partition coefficient (Wildman–Crippen LogP) is 3.78. The number of rotatable bonds is 6. The number of anilines is 1. The van der Waals surface area contributed by atoms with Gasteiger partial charge in [-0.2, -0.15) is 0 Å². The Bertz CT molecular complexity index is 977. The first-order valence-electron chi connectivity index (χ1n) is 8.05. The molecule has 0 aromatic heterocycles. The molecule has 0 aliphatic rings. The van der Waals surface area contributed by atoms with E-state index >= 15 is 0 Å². The van der Waals surface area contributed by atoms with Crippen molar-refractivity contribution in [3.05, 3.63) is 78.4 Å². The Morgan fingerprint density at radius 3 is 2.32 bits per heavy atom. The molecule has 1 N–H and O–H groups in total. The Balaban J connectivity index is 1.62. The summed E-state index contributed by atoms with van der Waals surface area (Å²) in [5, 5.41) is 4.78. The molecule has 0 fully saturated rings. The van der Waals surface area contributed by atoms with E-state index in [1.165, 1.54) is 0 Å². The summed E-state index contributed by atoms with van der Waals surface area (Å²) in [5.41, 5.74) is 1.43. The minimum atomic E-state index is -3.33. The topological polar surface area (TPSA) is 63.2 Å². The highest BCUT2D eigenvalue weighted by Gasteiger charge is 2.15. The Hall–Kier alpha value is -2.66. The van der Waals surface area contributed by atoms with Gasteiger partial charge in [0.15, 0.2) is 9.84 Å². The van der Waals surface area contributed by atoms with Crippen molar-refractivity contribution < 1.29 is 13.2 Å². The zero-order valence-corrected chi connectivity index (χ0v) is 14.5. The van der Waals surface area contributed by atoms with Gasteiger partial charge in [-0.15, -0.1) is 0 Å². The number of carbonyl (C=O) groups is 1. The van der Waals surface area contributed by atoms with Crippen molar-refractivity contribution in [3.8, 4) is 0 Å². The average Bonchev–Trinajstić information content (AvgIpc) is 2.61. The number of amides is 1. The number of hydrogen-bond donors (Lipinski definition) is 1. The molecule has 5 heteroatoms. The van der Waals surface area contributed by atoms with Crippen molar-refractivity contribution in [1.29, 1.82) is 0 Å². The van der Waals surface area contributed by atoms with E-state index < -0.39 is 9.84 Å². The van der Waals surface area contributed by atoms with E-state index in [1.807, 2.05) is 48.5 Å². The van der Waals surface area contributed by atoms with Crippen LogP contribution in [-0.4, -0.2) is 20.1 Å². The first-order chi connectivity index (χ1) is 12.0. The molecule has 0 saturated heterocycles. The fraction of sp³-hybridized carbons (Fsp3) is 0.150. The van der Waals surface area contributed by atoms with Crippen LogP contribution in [0, 0.1) is 0 Å². The van der Waals surface area contributed by atoms with Gasteiger partial charge in [0.05, 0.1) is 11.5 Å². The van der Waals surface area contributed by atoms with Gasteiger partial charge in [0.25, 0.3) is 0 Å². The Kier molecular flexibility index (Phi) is 5.14. The molecule has 0 saturated carbocycles. The van der Waals surface area contributed by atoms with E-state index in [-0.39, 0.29) is 23.8 Å². The SMILES string of the molecule is O=C(CCS(=O)(=O)Cc1ccccc1)Nc1cccc2ccccc12.